The van der Waals surface area contributed by atoms with Crippen LogP contribution in [0.1, 0.15) is 69.7 Å². The molecule has 1 saturated carbocycles. The zero-order valence-electron chi connectivity index (χ0n) is 12.8. The van der Waals surface area contributed by atoms with Gasteiger partial charge in [-0.3, -0.25) is 4.79 Å². The fraction of sp³-hybridized carbons (Fsp3) is 0.467. The molecular formula is C15H17N3O4S. The van der Waals surface area contributed by atoms with Gasteiger partial charge in [-0.2, -0.15) is 4.98 Å². The molecular weight excluding hydrogens is 318 g/mol. The molecule has 0 aromatic carbocycles. The molecule has 1 aliphatic rings. The van der Waals surface area contributed by atoms with Crippen molar-refractivity contribution in [3.05, 3.63) is 33.6 Å². The van der Waals surface area contributed by atoms with Gasteiger partial charge in [0.05, 0.1) is 4.88 Å². The lowest BCUT2D eigenvalue weighted by atomic mass is 10.0. The Morgan fingerprint density at radius 1 is 1.35 bits per heavy atom. The summed E-state index contributed by atoms with van der Waals surface area (Å²) in [5, 5.41) is 15.8. The van der Waals surface area contributed by atoms with Gasteiger partial charge in [0.1, 0.15) is 10.9 Å². The van der Waals surface area contributed by atoms with Gasteiger partial charge in [0, 0.05) is 5.92 Å². The maximum atomic E-state index is 12.3. The summed E-state index contributed by atoms with van der Waals surface area (Å²) in [5.41, 5.74) is 0. The number of carbonyl (C=O) groups is 2. The first kappa shape index (κ1) is 15.7. The molecule has 3 rings (SSSR count). The van der Waals surface area contributed by atoms with Crippen molar-refractivity contribution in [3.8, 4) is 0 Å². The summed E-state index contributed by atoms with van der Waals surface area (Å²) in [6.07, 6.45) is 2.15. The van der Waals surface area contributed by atoms with E-state index in [1.54, 1.807) is 0 Å². The maximum absolute atomic E-state index is 12.3. The second-order valence-corrected chi connectivity index (χ2v) is 7.01. The molecule has 1 atom stereocenters. The molecule has 0 unspecified atom stereocenters. The second-order valence-electron chi connectivity index (χ2n) is 5.93. The molecule has 23 heavy (non-hydrogen) atoms. The SMILES string of the molecule is CC(C)[C@H](NC(=O)c1ccc(C(=O)O)s1)c1nc(C2CC2)no1. The molecule has 0 aliphatic heterocycles. The Balaban J connectivity index is 1.75. The largest absolute Gasteiger partial charge is 0.477 e. The van der Waals surface area contributed by atoms with Crippen LogP contribution in [0.3, 0.4) is 0 Å². The van der Waals surface area contributed by atoms with E-state index in [1.165, 1.54) is 12.1 Å². The van der Waals surface area contributed by atoms with Gasteiger partial charge in [-0.15, -0.1) is 11.3 Å². The molecule has 8 heteroatoms. The molecule has 7 nitrogen and oxygen atoms in total. The minimum atomic E-state index is -1.04. The monoisotopic (exact) mass is 335 g/mol. The third kappa shape index (κ3) is 3.42. The van der Waals surface area contributed by atoms with Gasteiger partial charge >= 0.3 is 5.97 Å². The van der Waals surface area contributed by atoms with Crippen molar-refractivity contribution in [1.82, 2.24) is 15.5 Å². The first-order valence-electron chi connectivity index (χ1n) is 7.43. The number of hydrogen-bond donors (Lipinski definition) is 2. The third-order valence-corrected chi connectivity index (χ3v) is 4.73. The van der Waals surface area contributed by atoms with E-state index in [1.807, 2.05) is 13.8 Å². The number of aromatic carboxylic acids is 1. The van der Waals surface area contributed by atoms with Gasteiger partial charge in [-0.25, -0.2) is 4.79 Å². The standard InChI is InChI=1S/C15H17N3O4S/c1-7(2)11(14-17-12(18-22-14)8-3-4-8)16-13(19)9-5-6-10(23-9)15(20)21/h5-8,11H,3-4H2,1-2H3,(H,16,19)(H,20,21)/t11-/m0/s1. The molecule has 2 N–H and O–H groups in total. The molecule has 0 spiro atoms. The lowest BCUT2D eigenvalue weighted by Gasteiger charge is -2.17. The van der Waals surface area contributed by atoms with Crippen LogP contribution < -0.4 is 5.32 Å². The predicted molar refractivity (Wildman–Crippen MR) is 82.6 cm³/mol. The number of carboxylic acid groups (broad SMARTS) is 1. The van der Waals surface area contributed by atoms with E-state index in [0.29, 0.717) is 22.5 Å². The Morgan fingerprint density at radius 3 is 2.61 bits per heavy atom. The minimum absolute atomic E-state index is 0.0605. The highest BCUT2D eigenvalue weighted by molar-refractivity contribution is 7.15. The number of nitrogens with one attached hydrogen (secondary N) is 1. The van der Waals surface area contributed by atoms with Crippen molar-refractivity contribution >= 4 is 23.2 Å². The molecule has 2 aromatic rings. The number of aromatic nitrogens is 2. The number of carboxylic acids is 1. The molecule has 1 fully saturated rings. The van der Waals surface area contributed by atoms with Crippen molar-refractivity contribution in [2.24, 2.45) is 5.92 Å². The van der Waals surface area contributed by atoms with E-state index < -0.39 is 12.0 Å². The number of amides is 1. The van der Waals surface area contributed by atoms with Crippen molar-refractivity contribution in [3.63, 3.8) is 0 Å². The van der Waals surface area contributed by atoms with Crippen molar-refractivity contribution in [1.29, 1.82) is 0 Å². The molecule has 2 aromatic heterocycles. The van der Waals surface area contributed by atoms with Crippen LogP contribution in [-0.2, 0) is 0 Å². The minimum Gasteiger partial charge on any atom is -0.477 e. The zero-order chi connectivity index (χ0) is 16.6. The molecule has 1 amide bonds. The number of nitrogens with zero attached hydrogens (tertiary/aromatic N) is 2. The Bertz CT molecular complexity index is 733. The number of rotatable bonds is 6. The van der Waals surface area contributed by atoms with Gasteiger partial charge < -0.3 is 14.9 Å². The maximum Gasteiger partial charge on any atom is 0.345 e. The molecule has 0 saturated heterocycles. The van der Waals surface area contributed by atoms with Gasteiger partial charge in [-0.05, 0) is 30.9 Å². The van der Waals surface area contributed by atoms with Crippen molar-refractivity contribution < 1.29 is 19.2 Å². The molecule has 1 aliphatic carbocycles. The Hall–Kier alpha value is -2.22. The Labute approximate surface area is 136 Å². The first-order chi connectivity index (χ1) is 11.0. The summed E-state index contributed by atoms with van der Waals surface area (Å²) in [4.78, 5) is 28.1. The normalized spacial score (nSPS) is 15.6. The average Bonchev–Trinajstić information content (AvgIpc) is 3.04. The fourth-order valence-electron chi connectivity index (χ4n) is 2.18. The summed E-state index contributed by atoms with van der Waals surface area (Å²) in [6.45, 7) is 3.89. The zero-order valence-corrected chi connectivity index (χ0v) is 13.6. The second kappa shape index (κ2) is 6.11. The van der Waals surface area contributed by atoms with E-state index in [4.69, 9.17) is 9.63 Å². The smallest absolute Gasteiger partial charge is 0.345 e. The molecule has 122 valence electrons. The highest BCUT2D eigenvalue weighted by Gasteiger charge is 2.32. The number of hydrogen-bond acceptors (Lipinski definition) is 6. The van der Waals surface area contributed by atoms with Crippen LogP contribution in [0.15, 0.2) is 16.7 Å². The summed E-state index contributed by atoms with van der Waals surface area (Å²) in [6, 6.07) is 2.52. The van der Waals surface area contributed by atoms with E-state index in [9.17, 15) is 9.59 Å². The van der Waals surface area contributed by atoms with Crippen LogP contribution in [0.4, 0.5) is 0 Å². The lowest BCUT2D eigenvalue weighted by Crippen LogP contribution is -2.31. The Kier molecular flexibility index (Phi) is 4.16. The molecule has 2 heterocycles. The van der Waals surface area contributed by atoms with Gasteiger partial charge in [-0.1, -0.05) is 19.0 Å². The van der Waals surface area contributed by atoms with Gasteiger partial charge in [0.25, 0.3) is 5.91 Å². The van der Waals surface area contributed by atoms with Crippen molar-refractivity contribution in [2.75, 3.05) is 0 Å². The van der Waals surface area contributed by atoms with E-state index >= 15 is 0 Å². The van der Waals surface area contributed by atoms with Gasteiger partial charge in [0.2, 0.25) is 5.89 Å². The van der Waals surface area contributed by atoms with Gasteiger partial charge in [0.15, 0.2) is 5.82 Å². The third-order valence-electron chi connectivity index (χ3n) is 3.66. The van der Waals surface area contributed by atoms with Crippen LogP contribution in [0.25, 0.3) is 0 Å². The summed E-state index contributed by atoms with van der Waals surface area (Å²) < 4.78 is 5.30. The van der Waals surface area contributed by atoms with E-state index in [2.05, 4.69) is 15.5 Å². The van der Waals surface area contributed by atoms with Crippen molar-refractivity contribution in [2.45, 2.75) is 38.6 Å². The number of thiophene rings is 1. The summed E-state index contributed by atoms with van der Waals surface area (Å²) in [7, 11) is 0. The van der Waals surface area contributed by atoms with Crippen LogP contribution in [0.2, 0.25) is 0 Å². The molecule has 0 radical (unpaired) electrons. The summed E-state index contributed by atoms with van der Waals surface area (Å²) >= 11 is 0.940. The fourth-order valence-corrected chi connectivity index (χ4v) is 2.93. The molecule has 0 bridgehead atoms. The first-order valence-corrected chi connectivity index (χ1v) is 8.25. The Morgan fingerprint density at radius 2 is 2.04 bits per heavy atom. The van der Waals surface area contributed by atoms with Crippen LogP contribution in [-0.4, -0.2) is 27.1 Å². The van der Waals surface area contributed by atoms with Crippen LogP contribution in [0, 0.1) is 5.92 Å². The number of carbonyl (C=O) groups excluding carboxylic acids is 1. The average molecular weight is 335 g/mol. The van der Waals surface area contributed by atoms with Crippen LogP contribution in [0.5, 0.6) is 0 Å². The lowest BCUT2D eigenvalue weighted by molar-refractivity contribution is 0.0702. The topological polar surface area (TPSA) is 105 Å². The van der Waals surface area contributed by atoms with E-state index in [0.717, 1.165) is 24.2 Å². The highest BCUT2D eigenvalue weighted by Crippen LogP contribution is 2.38. The highest BCUT2D eigenvalue weighted by atomic mass is 32.1. The quantitative estimate of drug-likeness (QED) is 0.841. The predicted octanol–water partition coefficient (Wildman–Crippen LogP) is 2.83. The van der Waals surface area contributed by atoms with Crippen LogP contribution >= 0.6 is 11.3 Å². The summed E-state index contributed by atoms with van der Waals surface area (Å²) in [5.74, 6) is 0.152. The van der Waals surface area contributed by atoms with E-state index in [-0.39, 0.29) is 16.7 Å².